The Kier molecular flexibility index (Phi) is 6.55. The van der Waals surface area contributed by atoms with Gasteiger partial charge in [-0.05, 0) is 60.5 Å². The first-order valence-electron chi connectivity index (χ1n) is 7.91. The Labute approximate surface area is 161 Å². The van der Waals surface area contributed by atoms with Crippen LogP contribution >= 0.6 is 28.1 Å². The van der Waals surface area contributed by atoms with Gasteiger partial charge in [0.1, 0.15) is 0 Å². The first kappa shape index (κ1) is 19.4. The van der Waals surface area contributed by atoms with Gasteiger partial charge in [0.25, 0.3) is 0 Å². The molecule has 1 aromatic carbocycles. The van der Waals surface area contributed by atoms with Gasteiger partial charge < -0.3 is 5.32 Å². The van der Waals surface area contributed by atoms with E-state index in [4.69, 9.17) is 12.2 Å². The molecule has 25 heavy (non-hydrogen) atoms. The number of carbonyl (C=O) groups excluding carboxylic acids is 1. The van der Waals surface area contributed by atoms with Crippen molar-refractivity contribution in [2.45, 2.75) is 34.2 Å². The molecule has 2 aromatic rings. The summed E-state index contributed by atoms with van der Waals surface area (Å²) in [6.07, 6.45) is 0. The molecule has 134 valence electrons. The number of amides is 1. The molecule has 0 aliphatic heterocycles. The van der Waals surface area contributed by atoms with E-state index in [-0.39, 0.29) is 11.8 Å². The van der Waals surface area contributed by atoms with E-state index in [1.165, 1.54) is 0 Å². The van der Waals surface area contributed by atoms with Crippen LogP contribution < -0.4 is 16.2 Å². The second-order valence-electron chi connectivity index (χ2n) is 5.95. The van der Waals surface area contributed by atoms with Crippen LogP contribution in [0.5, 0.6) is 0 Å². The van der Waals surface area contributed by atoms with Crippen LogP contribution in [0.4, 0.5) is 5.69 Å². The van der Waals surface area contributed by atoms with Gasteiger partial charge in [-0.3, -0.25) is 20.3 Å². The summed E-state index contributed by atoms with van der Waals surface area (Å²) >= 11 is 8.70. The van der Waals surface area contributed by atoms with Crippen LogP contribution in [0, 0.1) is 26.7 Å². The molecule has 0 aliphatic rings. The standard InChI is InChI=1S/C17H22BrN5OS/c1-10-7-5-6-8-14(10)19-17(25)21-20-16(24)11(2)9-23-13(4)15(18)12(3)22-23/h5-8,11H,9H2,1-4H3,(H,20,24)(H2,19,21,25)/t11-/m1/s1. The molecule has 0 radical (unpaired) electrons. The number of hydrazine groups is 1. The Hall–Kier alpha value is -1.93. The number of hydrogen-bond donors (Lipinski definition) is 3. The maximum Gasteiger partial charge on any atom is 0.243 e. The van der Waals surface area contributed by atoms with Crippen LogP contribution in [0.3, 0.4) is 0 Å². The zero-order chi connectivity index (χ0) is 18.6. The fraction of sp³-hybridized carbons (Fsp3) is 0.353. The summed E-state index contributed by atoms with van der Waals surface area (Å²) in [4.78, 5) is 12.3. The third-order valence-corrected chi connectivity index (χ3v) is 5.23. The normalized spacial score (nSPS) is 11.7. The van der Waals surface area contributed by atoms with Crippen molar-refractivity contribution in [3.05, 3.63) is 45.7 Å². The molecule has 0 spiro atoms. The van der Waals surface area contributed by atoms with Crippen LogP contribution in [-0.2, 0) is 11.3 Å². The van der Waals surface area contributed by atoms with Crippen molar-refractivity contribution in [1.82, 2.24) is 20.6 Å². The molecular formula is C17H22BrN5OS. The summed E-state index contributed by atoms with van der Waals surface area (Å²) in [6.45, 7) is 8.21. The van der Waals surface area contributed by atoms with Crippen LogP contribution in [0.2, 0.25) is 0 Å². The van der Waals surface area contributed by atoms with Crippen LogP contribution in [0.15, 0.2) is 28.7 Å². The number of halogens is 1. The molecule has 1 aromatic heterocycles. The number of nitrogens with zero attached hydrogens (tertiary/aromatic N) is 2. The highest BCUT2D eigenvalue weighted by Crippen LogP contribution is 2.20. The number of anilines is 1. The number of carbonyl (C=O) groups is 1. The number of thiocarbonyl (C=S) groups is 1. The van der Waals surface area contributed by atoms with Gasteiger partial charge in [0.2, 0.25) is 5.91 Å². The molecule has 0 saturated heterocycles. The van der Waals surface area contributed by atoms with Crippen LogP contribution in [-0.4, -0.2) is 20.8 Å². The van der Waals surface area contributed by atoms with E-state index in [2.05, 4.69) is 37.2 Å². The van der Waals surface area contributed by atoms with Crippen molar-refractivity contribution >= 4 is 44.9 Å². The molecule has 2 rings (SSSR count). The second-order valence-corrected chi connectivity index (χ2v) is 7.15. The summed E-state index contributed by atoms with van der Waals surface area (Å²) in [6, 6.07) is 7.79. The molecule has 1 atom stereocenters. The number of benzene rings is 1. The van der Waals surface area contributed by atoms with Crippen molar-refractivity contribution in [3.8, 4) is 0 Å². The molecule has 1 heterocycles. The van der Waals surface area contributed by atoms with Gasteiger partial charge in [0.05, 0.1) is 22.6 Å². The zero-order valence-corrected chi connectivity index (χ0v) is 17.1. The average Bonchev–Trinajstić information content (AvgIpc) is 2.81. The first-order valence-corrected chi connectivity index (χ1v) is 9.11. The Morgan fingerprint density at radius 3 is 2.56 bits per heavy atom. The molecule has 0 bridgehead atoms. The number of aryl methyl sites for hydroxylation is 2. The monoisotopic (exact) mass is 423 g/mol. The predicted octanol–water partition coefficient (Wildman–Crippen LogP) is 3.22. The lowest BCUT2D eigenvalue weighted by Gasteiger charge is -2.16. The molecule has 3 N–H and O–H groups in total. The van der Waals surface area contributed by atoms with Crippen LogP contribution in [0.25, 0.3) is 0 Å². The van der Waals surface area contributed by atoms with Gasteiger partial charge in [-0.1, -0.05) is 25.1 Å². The number of hydrogen-bond acceptors (Lipinski definition) is 3. The molecule has 1 amide bonds. The number of nitrogens with one attached hydrogen (secondary N) is 3. The first-order chi connectivity index (χ1) is 11.8. The van der Waals surface area contributed by atoms with Gasteiger partial charge in [0.15, 0.2) is 5.11 Å². The minimum absolute atomic E-state index is 0.155. The minimum atomic E-state index is -0.265. The maximum absolute atomic E-state index is 12.3. The van der Waals surface area contributed by atoms with Gasteiger partial charge >= 0.3 is 0 Å². The van der Waals surface area contributed by atoms with Crippen molar-refractivity contribution in [1.29, 1.82) is 0 Å². The number of para-hydroxylation sites is 1. The smallest absolute Gasteiger partial charge is 0.243 e. The van der Waals surface area contributed by atoms with E-state index in [1.54, 1.807) is 0 Å². The molecule has 8 heteroatoms. The van der Waals surface area contributed by atoms with Gasteiger partial charge in [0, 0.05) is 11.4 Å². The van der Waals surface area contributed by atoms with Crippen molar-refractivity contribution in [2.24, 2.45) is 5.92 Å². The lowest BCUT2D eigenvalue weighted by atomic mass is 10.1. The third-order valence-electron chi connectivity index (χ3n) is 3.88. The molecule has 0 unspecified atom stereocenters. The largest absolute Gasteiger partial charge is 0.331 e. The summed E-state index contributed by atoms with van der Waals surface area (Å²) in [5, 5.41) is 7.82. The Morgan fingerprint density at radius 1 is 1.28 bits per heavy atom. The molecule has 6 nitrogen and oxygen atoms in total. The number of aromatic nitrogens is 2. The minimum Gasteiger partial charge on any atom is -0.331 e. The zero-order valence-electron chi connectivity index (χ0n) is 14.7. The molecule has 0 aliphatic carbocycles. The van der Waals surface area contributed by atoms with Gasteiger partial charge in [-0.15, -0.1) is 0 Å². The van der Waals surface area contributed by atoms with E-state index in [1.807, 2.05) is 56.6 Å². The highest BCUT2D eigenvalue weighted by Gasteiger charge is 2.17. The van der Waals surface area contributed by atoms with E-state index < -0.39 is 0 Å². The van der Waals surface area contributed by atoms with E-state index >= 15 is 0 Å². The average molecular weight is 424 g/mol. The van der Waals surface area contributed by atoms with E-state index in [0.717, 1.165) is 27.1 Å². The van der Waals surface area contributed by atoms with Crippen LogP contribution in [0.1, 0.15) is 23.9 Å². The SMILES string of the molecule is Cc1ccccc1NC(=S)NNC(=O)[C@H](C)Cn1nc(C)c(Br)c1C. The topological polar surface area (TPSA) is 71.0 Å². The summed E-state index contributed by atoms with van der Waals surface area (Å²) < 4.78 is 2.80. The van der Waals surface area contributed by atoms with E-state index in [9.17, 15) is 4.79 Å². The third kappa shape index (κ3) is 5.02. The summed E-state index contributed by atoms with van der Waals surface area (Å²) in [7, 11) is 0. The number of rotatable bonds is 4. The molecular weight excluding hydrogens is 402 g/mol. The highest BCUT2D eigenvalue weighted by molar-refractivity contribution is 9.10. The Morgan fingerprint density at radius 2 is 1.96 bits per heavy atom. The predicted molar refractivity (Wildman–Crippen MR) is 107 cm³/mol. The Balaban J connectivity index is 1.85. The van der Waals surface area contributed by atoms with E-state index in [0.29, 0.717) is 11.7 Å². The van der Waals surface area contributed by atoms with Crippen molar-refractivity contribution in [3.63, 3.8) is 0 Å². The maximum atomic E-state index is 12.3. The van der Waals surface area contributed by atoms with Crippen molar-refractivity contribution in [2.75, 3.05) is 5.32 Å². The molecule has 0 saturated carbocycles. The highest BCUT2D eigenvalue weighted by atomic mass is 79.9. The lowest BCUT2D eigenvalue weighted by molar-refractivity contribution is -0.125. The molecule has 0 fully saturated rings. The van der Waals surface area contributed by atoms with Crippen molar-refractivity contribution < 1.29 is 4.79 Å². The second kappa shape index (κ2) is 8.44. The fourth-order valence-corrected chi connectivity index (χ4v) is 2.75. The quantitative estimate of drug-likeness (QED) is 0.520. The van der Waals surface area contributed by atoms with Gasteiger partial charge in [-0.25, -0.2) is 0 Å². The van der Waals surface area contributed by atoms with Gasteiger partial charge in [-0.2, -0.15) is 5.10 Å². The summed E-state index contributed by atoms with van der Waals surface area (Å²) in [5.41, 5.74) is 9.26. The lowest BCUT2D eigenvalue weighted by Crippen LogP contribution is -2.46. The fourth-order valence-electron chi connectivity index (χ4n) is 2.30. The Bertz CT molecular complexity index is 789. The summed E-state index contributed by atoms with van der Waals surface area (Å²) in [5.74, 6) is -0.420.